The molecule has 0 saturated carbocycles. The minimum Gasteiger partial charge on any atom is -0.493 e. The molecule has 1 N–H and O–H groups in total. The summed E-state index contributed by atoms with van der Waals surface area (Å²) in [6, 6.07) is 7.85. The van der Waals surface area contributed by atoms with Gasteiger partial charge in [0.1, 0.15) is 5.82 Å². The first kappa shape index (κ1) is 18.6. The Balaban J connectivity index is 1.74. The fourth-order valence-electron chi connectivity index (χ4n) is 3.65. The van der Waals surface area contributed by atoms with Gasteiger partial charge in [0.05, 0.1) is 26.0 Å². The van der Waals surface area contributed by atoms with Gasteiger partial charge in [-0.1, -0.05) is 0 Å². The van der Waals surface area contributed by atoms with Gasteiger partial charge in [-0.05, 0) is 44.9 Å². The zero-order chi connectivity index (χ0) is 19.7. The van der Waals surface area contributed by atoms with E-state index in [2.05, 4.69) is 5.32 Å². The van der Waals surface area contributed by atoms with Crippen molar-refractivity contribution in [1.82, 2.24) is 14.6 Å². The van der Waals surface area contributed by atoms with E-state index in [0.717, 1.165) is 60.0 Å². The van der Waals surface area contributed by atoms with Crippen LogP contribution in [0.15, 0.2) is 24.3 Å². The average molecular weight is 382 g/mol. The van der Waals surface area contributed by atoms with Gasteiger partial charge in [-0.3, -0.25) is 0 Å². The number of anilines is 1. The molecule has 7 heteroatoms. The SMILES string of the molecule is COc1ccc(-c2nn3c(NCC4CCCO4)cc(C)nc3c2C)cc1OC. The number of aryl methyl sites for hydroxylation is 2. The quantitative estimate of drug-likeness (QED) is 0.702. The van der Waals surface area contributed by atoms with Gasteiger partial charge in [0.25, 0.3) is 0 Å². The van der Waals surface area contributed by atoms with Crippen LogP contribution in [-0.4, -0.2) is 48.1 Å². The molecule has 1 unspecified atom stereocenters. The van der Waals surface area contributed by atoms with E-state index < -0.39 is 0 Å². The van der Waals surface area contributed by atoms with Gasteiger partial charge in [-0.15, -0.1) is 0 Å². The highest BCUT2D eigenvalue weighted by molar-refractivity contribution is 5.73. The molecule has 28 heavy (non-hydrogen) atoms. The number of methoxy groups -OCH3 is 2. The third-order valence-electron chi connectivity index (χ3n) is 5.14. The maximum Gasteiger partial charge on any atom is 0.161 e. The highest BCUT2D eigenvalue weighted by Crippen LogP contribution is 2.34. The predicted molar refractivity (Wildman–Crippen MR) is 108 cm³/mol. The summed E-state index contributed by atoms with van der Waals surface area (Å²) in [5.74, 6) is 2.30. The van der Waals surface area contributed by atoms with E-state index in [-0.39, 0.29) is 6.10 Å². The number of ether oxygens (including phenoxy) is 3. The van der Waals surface area contributed by atoms with Crippen LogP contribution in [0.5, 0.6) is 11.5 Å². The number of aromatic nitrogens is 3. The molecule has 3 aromatic rings. The van der Waals surface area contributed by atoms with E-state index in [4.69, 9.17) is 24.3 Å². The van der Waals surface area contributed by atoms with Crippen LogP contribution in [0.25, 0.3) is 16.9 Å². The number of fused-ring (bicyclic) bond motifs is 1. The van der Waals surface area contributed by atoms with Crippen molar-refractivity contribution in [3.63, 3.8) is 0 Å². The Morgan fingerprint density at radius 2 is 2.00 bits per heavy atom. The molecule has 0 aliphatic carbocycles. The monoisotopic (exact) mass is 382 g/mol. The van der Waals surface area contributed by atoms with Crippen LogP contribution in [0, 0.1) is 13.8 Å². The van der Waals surface area contributed by atoms with E-state index in [0.29, 0.717) is 11.5 Å². The van der Waals surface area contributed by atoms with Crippen molar-refractivity contribution < 1.29 is 14.2 Å². The lowest BCUT2D eigenvalue weighted by Gasteiger charge is -2.13. The molecule has 0 spiro atoms. The van der Waals surface area contributed by atoms with Crippen LogP contribution in [-0.2, 0) is 4.74 Å². The molecular formula is C21H26N4O3. The Labute approximate surface area is 164 Å². The van der Waals surface area contributed by atoms with Crippen molar-refractivity contribution in [2.45, 2.75) is 32.8 Å². The van der Waals surface area contributed by atoms with Crippen molar-refractivity contribution >= 4 is 11.5 Å². The van der Waals surface area contributed by atoms with E-state index in [1.54, 1.807) is 14.2 Å². The first-order valence-electron chi connectivity index (χ1n) is 9.55. The van der Waals surface area contributed by atoms with Crippen molar-refractivity contribution in [1.29, 1.82) is 0 Å². The van der Waals surface area contributed by atoms with Gasteiger partial charge >= 0.3 is 0 Å². The summed E-state index contributed by atoms with van der Waals surface area (Å²) < 4.78 is 18.4. The first-order valence-corrected chi connectivity index (χ1v) is 9.55. The number of hydrogen-bond acceptors (Lipinski definition) is 6. The Morgan fingerprint density at radius 3 is 2.71 bits per heavy atom. The zero-order valence-corrected chi connectivity index (χ0v) is 16.8. The molecule has 2 aromatic heterocycles. The van der Waals surface area contributed by atoms with Crippen LogP contribution in [0.1, 0.15) is 24.1 Å². The molecule has 4 rings (SSSR count). The fourth-order valence-corrected chi connectivity index (χ4v) is 3.65. The molecule has 0 radical (unpaired) electrons. The molecule has 148 valence electrons. The summed E-state index contributed by atoms with van der Waals surface area (Å²) in [4.78, 5) is 4.71. The largest absolute Gasteiger partial charge is 0.493 e. The lowest BCUT2D eigenvalue weighted by molar-refractivity contribution is 0.120. The van der Waals surface area contributed by atoms with E-state index in [1.807, 2.05) is 42.6 Å². The Kier molecular flexibility index (Phi) is 5.09. The number of nitrogens with zero attached hydrogens (tertiary/aromatic N) is 3. The van der Waals surface area contributed by atoms with Crippen LogP contribution in [0.2, 0.25) is 0 Å². The molecule has 1 aromatic carbocycles. The zero-order valence-electron chi connectivity index (χ0n) is 16.8. The van der Waals surface area contributed by atoms with Gasteiger partial charge in [0, 0.05) is 36.0 Å². The average Bonchev–Trinajstić information content (AvgIpc) is 3.34. The van der Waals surface area contributed by atoms with Crippen molar-refractivity contribution in [3.05, 3.63) is 35.5 Å². The van der Waals surface area contributed by atoms with Gasteiger partial charge in [-0.25, -0.2) is 4.98 Å². The molecule has 7 nitrogen and oxygen atoms in total. The number of rotatable bonds is 6. The summed E-state index contributed by atoms with van der Waals surface area (Å²) in [6.07, 6.45) is 2.47. The lowest BCUT2D eigenvalue weighted by Crippen LogP contribution is -2.20. The van der Waals surface area contributed by atoms with Crippen molar-refractivity contribution in [3.8, 4) is 22.8 Å². The Morgan fingerprint density at radius 1 is 1.18 bits per heavy atom. The standard InChI is InChI=1S/C21H26N4O3/c1-13-10-19(22-12-16-6-5-9-28-16)25-21(23-13)14(2)20(24-25)15-7-8-17(26-3)18(11-15)27-4/h7-8,10-11,16,22H,5-6,9,12H2,1-4H3. The topological polar surface area (TPSA) is 69.9 Å². The van der Waals surface area contributed by atoms with Gasteiger partial charge < -0.3 is 19.5 Å². The predicted octanol–water partition coefficient (Wildman–Crippen LogP) is 3.62. The first-order chi connectivity index (χ1) is 13.6. The maximum atomic E-state index is 5.73. The summed E-state index contributed by atoms with van der Waals surface area (Å²) in [5, 5.41) is 8.35. The second-order valence-corrected chi connectivity index (χ2v) is 7.08. The highest BCUT2D eigenvalue weighted by atomic mass is 16.5. The maximum absolute atomic E-state index is 5.73. The molecule has 3 heterocycles. The molecule has 1 aliphatic heterocycles. The number of nitrogens with one attached hydrogen (secondary N) is 1. The normalized spacial score (nSPS) is 16.5. The highest BCUT2D eigenvalue weighted by Gasteiger charge is 2.19. The number of benzene rings is 1. The summed E-state index contributed by atoms with van der Waals surface area (Å²) >= 11 is 0. The molecular weight excluding hydrogens is 356 g/mol. The van der Waals surface area contributed by atoms with Gasteiger partial charge in [0.15, 0.2) is 17.1 Å². The molecule has 0 bridgehead atoms. The van der Waals surface area contributed by atoms with Crippen LogP contribution in [0.3, 0.4) is 0 Å². The molecule has 1 atom stereocenters. The Bertz CT molecular complexity index is 993. The summed E-state index contributed by atoms with van der Waals surface area (Å²) in [7, 11) is 3.27. The summed E-state index contributed by atoms with van der Waals surface area (Å²) in [5.41, 5.74) is 4.66. The van der Waals surface area contributed by atoms with E-state index >= 15 is 0 Å². The fraction of sp³-hybridized carbons (Fsp3) is 0.429. The van der Waals surface area contributed by atoms with Gasteiger partial charge in [0.2, 0.25) is 0 Å². The Hall–Kier alpha value is -2.80. The van der Waals surface area contributed by atoms with Crippen molar-refractivity contribution in [2.75, 3.05) is 32.7 Å². The second kappa shape index (κ2) is 7.67. The smallest absolute Gasteiger partial charge is 0.161 e. The lowest BCUT2D eigenvalue weighted by atomic mass is 10.1. The van der Waals surface area contributed by atoms with Gasteiger partial charge in [-0.2, -0.15) is 9.61 Å². The van der Waals surface area contributed by atoms with Crippen LogP contribution in [0.4, 0.5) is 5.82 Å². The van der Waals surface area contributed by atoms with Crippen LogP contribution < -0.4 is 14.8 Å². The molecule has 1 aliphatic rings. The van der Waals surface area contributed by atoms with E-state index in [9.17, 15) is 0 Å². The minimum atomic E-state index is 0.255. The number of hydrogen-bond donors (Lipinski definition) is 1. The minimum absolute atomic E-state index is 0.255. The molecule has 1 saturated heterocycles. The third kappa shape index (κ3) is 3.38. The van der Waals surface area contributed by atoms with Crippen LogP contribution >= 0.6 is 0 Å². The third-order valence-corrected chi connectivity index (χ3v) is 5.14. The van der Waals surface area contributed by atoms with E-state index in [1.165, 1.54) is 0 Å². The summed E-state index contributed by atoms with van der Waals surface area (Å²) in [6.45, 7) is 5.66. The second-order valence-electron chi connectivity index (χ2n) is 7.08. The van der Waals surface area contributed by atoms with Crippen molar-refractivity contribution in [2.24, 2.45) is 0 Å². The molecule has 0 amide bonds. The molecule has 1 fully saturated rings.